The topological polar surface area (TPSA) is 35.5 Å². The number of methoxy groups -OCH3 is 2. The van der Waals surface area contributed by atoms with E-state index in [4.69, 9.17) is 9.47 Å². The van der Waals surface area contributed by atoms with Crippen LogP contribution in [-0.2, 0) is 0 Å². The molecule has 0 saturated heterocycles. The third-order valence-corrected chi connectivity index (χ3v) is 6.41. The number of benzene rings is 2. The van der Waals surface area contributed by atoms with Crippen molar-refractivity contribution in [3.63, 3.8) is 0 Å². The van der Waals surface area contributed by atoms with Crippen LogP contribution in [-0.4, -0.2) is 20.0 Å². The number of hydrogen-bond donors (Lipinski definition) is 0. The van der Waals surface area contributed by atoms with Gasteiger partial charge in [-0.15, -0.1) is 22.7 Å². The molecule has 2 heterocycles. The molecule has 28 heavy (non-hydrogen) atoms. The summed E-state index contributed by atoms with van der Waals surface area (Å²) < 4.78 is 10.7. The van der Waals surface area contributed by atoms with E-state index in [1.165, 1.54) is 0 Å². The highest BCUT2D eigenvalue weighted by atomic mass is 32.1. The zero-order chi connectivity index (χ0) is 19.5. The van der Waals surface area contributed by atoms with E-state index in [2.05, 4.69) is 0 Å². The standard InChI is InChI=1S/C23H18O3S2/c1-25-17-7-3-5-15(13-17)22-19(9-11-27-22)21(24)20-10-12-28-23(20)16-6-4-8-18(14-16)26-2/h3-14H,1-2H3. The third-order valence-electron chi connectivity index (χ3n) is 4.48. The van der Waals surface area contributed by atoms with Crippen molar-refractivity contribution in [2.24, 2.45) is 0 Å². The molecular formula is C23H18O3S2. The van der Waals surface area contributed by atoms with E-state index in [9.17, 15) is 4.79 Å². The minimum Gasteiger partial charge on any atom is -0.497 e. The number of ketones is 1. The first-order valence-corrected chi connectivity index (χ1v) is 10.5. The fourth-order valence-corrected chi connectivity index (χ4v) is 4.88. The highest BCUT2D eigenvalue weighted by Gasteiger charge is 2.21. The molecule has 0 unspecified atom stereocenters. The van der Waals surface area contributed by atoms with E-state index >= 15 is 0 Å². The largest absolute Gasteiger partial charge is 0.497 e. The summed E-state index contributed by atoms with van der Waals surface area (Å²) in [6.45, 7) is 0. The average molecular weight is 407 g/mol. The number of thiophene rings is 2. The lowest BCUT2D eigenvalue weighted by Gasteiger charge is -2.08. The van der Waals surface area contributed by atoms with Crippen molar-refractivity contribution < 1.29 is 14.3 Å². The number of rotatable bonds is 6. The number of ether oxygens (including phenoxy) is 2. The molecule has 0 aliphatic heterocycles. The zero-order valence-corrected chi connectivity index (χ0v) is 17.1. The molecule has 0 aliphatic rings. The molecule has 0 spiro atoms. The fraction of sp³-hybridized carbons (Fsp3) is 0.0870. The smallest absolute Gasteiger partial charge is 0.195 e. The minimum absolute atomic E-state index is 0.0261. The Kier molecular flexibility index (Phi) is 5.28. The lowest BCUT2D eigenvalue weighted by molar-refractivity contribution is 0.104. The first-order valence-electron chi connectivity index (χ1n) is 8.70. The second kappa shape index (κ2) is 8.00. The van der Waals surface area contributed by atoms with Crippen molar-refractivity contribution in [2.45, 2.75) is 0 Å². The Morgan fingerprint density at radius 1 is 0.714 bits per heavy atom. The predicted octanol–water partition coefficient (Wildman–Crippen LogP) is 6.39. The van der Waals surface area contributed by atoms with Gasteiger partial charge in [0, 0.05) is 20.9 Å². The maximum atomic E-state index is 13.4. The van der Waals surface area contributed by atoms with Gasteiger partial charge in [0.15, 0.2) is 5.78 Å². The maximum absolute atomic E-state index is 13.4. The first kappa shape index (κ1) is 18.5. The van der Waals surface area contributed by atoms with Crippen molar-refractivity contribution in [3.8, 4) is 32.4 Å². The van der Waals surface area contributed by atoms with E-state index in [0.717, 1.165) is 32.4 Å². The van der Waals surface area contributed by atoms with Crippen LogP contribution >= 0.6 is 22.7 Å². The second-order valence-corrected chi connectivity index (χ2v) is 7.95. The molecule has 3 nitrogen and oxygen atoms in total. The normalized spacial score (nSPS) is 10.6. The molecule has 4 rings (SSSR count). The van der Waals surface area contributed by atoms with Gasteiger partial charge in [-0.1, -0.05) is 24.3 Å². The lowest BCUT2D eigenvalue weighted by Crippen LogP contribution is -2.01. The Balaban J connectivity index is 1.75. The Hall–Kier alpha value is -2.89. The predicted molar refractivity (Wildman–Crippen MR) is 116 cm³/mol. The van der Waals surface area contributed by atoms with Crippen molar-refractivity contribution >= 4 is 28.5 Å². The van der Waals surface area contributed by atoms with Gasteiger partial charge in [-0.3, -0.25) is 4.79 Å². The van der Waals surface area contributed by atoms with Crippen LogP contribution in [0.15, 0.2) is 71.4 Å². The van der Waals surface area contributed by atoms with Gasteiger partial charge in [-0.25, -0.2) is 0 Å². The molecule has 0 amide bonds. The van der Waals surface area contributed by atoms with Crippen LogP contribution in [0.25, 0.3) is 20.9 Å². The SMILES string of the molecule is COc1cccc(-c2sccc2C(=O)c2ccsc2-c2cccc(OC)c2)c1. The molecule has 0 aliphatic carbocycles. The summed E-state index contributed by atoms with van der Waals surface area (Å²) in [6.07, 6.45) is 0. The number of hydrogen-bond acceptors (Lipinski definition) is 5. The first-order chi connectivity index (χ1) is 13.7. The van der Waals surface area contributed by atoms with Crippen LogP contribution in [0.5, 0.6) is 11.5 Å². The van der Waals surface area contributed by atoms with E-state index in [0.29, 0.717) is 11.1 Å². The Morgan fingerprint density at radius 2 is 1.18 bits per heavy atom. The van der Waals surface area contributed by atoms with Crippen LogP contribution in [0.4, 0.5) is 0 Å². The van der Waals surface area contributed by atoms with E-state index in [-0.39, 0.29) is 5.78 Å². The molecule has 0 bridgehead atoms. The highest BCUT2D eigenvalue weighted by Crippen LogP contribution is 2.37. The summed E-state index contributed by atoms with van der Waals surface area (Å²) in [5, 5.41) is 3.92. The Labute approximate surface area is 171 Å². The van der Waals surface area contributed by atoms with Crippen molar-refractivity contribution in [2.75, 3.05) is 14.2 Å². The summed E-state index contributed by atoms with van der Waals surface area (Å²) in [5.74, 6) is 1.58. The van der Waals surface area contributed by atoms with Crippen molar-refractivity contribution in [1.82, 2.24) is 0 Å². The van der Waals surface area contributed by atoms with Crippen LogP contribution < -0.4 is 9.47 Å². The molecule has 0 radical (unpaired) electrons. The summed E-state index contributed by atoms with van der Waals surface area (Å²) in [5.41, 5.74) is 3.38. The van der Waals surface area contributed by atoms with Crippen LogP contribution in [0.2, 0.25) is 0 Å². The lowest BCUT2D eigenvalue weighted by atomic mass is 9.99. The van der Waals surface area contributed by atoms with Crippen LogP contribution in [0.1, 0.15) is 15.9 Å². The quantitative estimate of drug-likeness (QED) is 0.348. The summed E-state index contributed by atoms with van der Waals surface area (Å²) >= 11 is 3.12. The molecule has 5 heteroatoms. The molecule has 2 aromatic carbocycles. The van der Waals surface area contributed by atoms with Crippen molar-refractivity contribution in [3.05, 3.63) is 82.6 Å². The Bertz CT molecular complexity index is 1040. The molecule has 0 saturated carbocycles. The number of carbonyl (C=O) groups excluding carboxylic acids is 1. The second-order valence-electron chi connectivity index (χ2n) is 6.12. The summed E-state index contributed by atoms with van der Waals surface area (Å²) in [4.78, 5) is 15.3. The van der Waals surface area contributed by atoms with E-state index < -0.39 is 0 Å². The van der Waals surface area contributed by atoms with Gasteiger partial charge >= 0.3 is 0 Å². The molecule has 0 fully saturated rings. The monoisotopic (exact) mass is 406 g/mol. The van der Waals surface area contributed by atoms with E-state index in [1.807, 2.05) is 71.4 Å². The average Bonchev–Trinajstić information content (AvgIpc) is 3.43. The molecular weight excluding hydrogens is 388 g/mol. The highest BCUT2D eigenvalue weighted by molar-refractivity contribution is 7.14. The van der Waals surface area contributed by atoms with Gasteiger partial charge in [-0.05, 0) is 58.3 Å². The van der Waals surface area contributed by atoms with Gasteiger partial charge in [-0.2, -0.15) is 0 Å². The summed E-state index contributed by atoms with van der Waals surface area (Å²) in [7, 11) is 3.29. The molecule has 4 aromatic rings. The van der Waals surface area contributed by atoms with Gasteiger partial charge in [0.1, 0.15) is 11.5 Å². The third kappa shape index (κ3) is 3.46. The minimum atomic E-state index is 0.0261. The molecule has 0 N–H and O–H groups in total. The summed E-state index contributed by atoms with van der Waals surface area (Å²) in [6, 6.07) is 19.4. The number of carbonyl (C=O) groups is 1. The maximum Gasteiger partial charge on any atom is 0.195 e. The zero-order valence-electron chi connectivity index (χ0n) is 15.5. The molecule has 0 atom stereocenters. The van der Waals surface area contributed by atoms with Gasteiger partial charge in [0.25, 0.3) is 0 Å². The molecule has 2 aromatic heterocycles. The fourth-order valence-electron chi connectivity index (χ4n) is 3.10. The van der Waals surface area contributed by atoms with Crippen LogP contribution in [0, 0.1) is 0 Å². The van der Waals surface area contributed by atoms with E-state index in [1.54, 1.807) is 36.9 Å². The molecule has 140 valence electrons. The van der Waals surface area contributed by atoms with Crippen molar-refractivity contribution in [1.29, 1.82) is 0 Å². The van der Waals surface area contributed by atoms with Gasteiger partial charge in [0.2, 0.25) is 0 Å². The Morgan fingerprint density at radius 3 is 1.61 bits per heavy atom. The van der Waals surface area contributed by atoms with Crippen LogP contribution in [0.3, 0.4) is 0 Å². The van der Waals surface area contributed by atoms with Gasteiger partial charge in [0.05, 0.1) is 14.2 Å². The van der Waals surface area contributed by atoms with Gasteiger partial charge < -0.3 is 9.47 Å².